The number of amides is 1. The molecule has 2 heterocycles. The Balaban J connectivity index is 1.52. The number of hydrogen-bond acceptors (Lipinski definition) is 6. The molecule has 7 heteroatoms. The van der Waals surface area contributed by atoms with Gasteiger partial charge in [0.1, 0.15) is 5.69 Å². The van der Waals surface area contributed by atoms with Crippen LogP contribution in [0.15, 0.2) is 35.0 Å². The summed E-state index contributed by atoms with van der Waals surface area (Å²) in [4.78, 5) is 14.3. The van der Waals surface area contributed by atoms with Gasteiger partial charge in [-0.3, -0.25) is 9.69 Å². The van der Waals surface area contributed by atoms with Crippen molar-refractivity contribution >= 4 is 11.7 Å². The Morgan fingerprint density at radius 3 is 2.84 bits per heavy atom. The van der Waals surface area contributed by atoms with Gasteiger partial charge in [-0.2, -0.15) is 0 Å². The molecule has 1 N–H and O–H groups in total. The monoisotopic (exact) mass is 344 g/mol. The third-order valence-electron chi connectivity index (χ3n) is 4.70. The van der Waals surface area contributed by atoms with E-state index in [1.807, 2.05) is 6.07 Å². The minimum atomic E-state index is -0.116. The molecule has 0 unspecified atom stereocenters. The number of nitrogens with one attached hydrogen (secondary N) is 1. The fourth-order valence-corrected chi connectivity index (χ4v) is 3.31. The summed E-state index contributed by atoms with van der Waals surface area (Å²) in [6.07, 6.45) is 2.13. The number of anilines is 1. The Labute approximate surface area is 147 Å². The van der Waals surface area contributed by atoms with E-state index in [2.05, 4.69) is 49.4 Å². The van der Waals surface area contributed by atoms with Crippen LogP contribution in [0.3, 0.4) is 0 Å². The Morgan fingerprint density at radius 1 is 1.36 bits per heavy atom. The largest absolute Gasteiger partial charge is 0.380 e. The van der Waals surface area contributed by atoms with Crippen molar-refractivity contribution < 1.29 is 14.2 Å². The Bertz CT molecular complexity index is 689. The van der Waals surface area contributed by atoms with Gasteiger partial charge < -0.3 is 10.1 Å². The number of nitrogens with zero attached hydrogens (tertiary/aromatic N) is 3. The number of piperidine rings is 1. The molecule has 3 rings (SSSR count). The number of carbonyl (C=O) groups is 1. The first-order valence-electron chi connectivity index (χ1n) is 8.53. The first kappa shape index (κ1) is 17.6. The molecule has 0 aliphatic carbocycles. The van der Waals surface area contributed by atoms with E-state index in [9.17, 15) is 4.79 Å². The third-order valence-corrected chi connectivity index (χ3v) is 4.70. The molecule has 1 saturated heterocycles. The number of likely N-dealkylation sites (tertiary alicyclic amines) is 1. The Hall–Kier alpha value is -2.25. The molecule has 1 amide bonds. The van der Waals surface area contributed by atoms with E-state index in [1.165, 1.54) is 5.56 Å². The van der Waals surface area contributed by atoms with Crippen molar-refractivity contribution in [3.05, 3.63) is 41.6 Å². The van der Waals surface area contributed by atoms with E-state index in [0.29, 0.717) is 24.0 Å². The predicted molar refractivity (Wildman–Crippen MR) is 93.2 cm³/mol. The molecular weight excluding hydrogens is 320 g/mol. The van der Waals surface area contributed by atoms with Crippen molar-refractivity contribution in [1.82, 2.24) is 15.2 Å². The van der Waals surface area contributed by atoms with Crippen molar-refractivity contribution in [3.63, 3.8) is 0 Å². The highest BCUT2D eigenvalue weighted by Crippen LogP contribution is 2.24. The zero-order valence-corrected chi connectivity index (χ0v) is 14.6. The van der Waals surface area contributed by atoms with Crippen molar-refractivity contribution in [1.29, 1.82) is 0 Å². The van der Waals surface area contributed by atoms with Crippen LogP contribution in [-0.4, -0.2) is 54.0 Å². The predicted octanol–water partition coefficient (Wildman–Crippen LogP) is 1.90. The number of rotatable bonds is 6. The standard InChI is InChI=1S/C18H24N4O3/c1-13-18(21-25-20-13)19-17(23)12-22-9-8-15(16(11-22)24-2)10-14-6-4-3-5-7-14/h3-7,15-16H,8-12H2,1-2H3,(H,19,21,23)/t15-,16-/m1/s1. The zero-order valence-electron chi connectivity index (χ0n) is 14.6. The maximum atomic E-state index is 12.2. The minimum absolute atomic E-state index is 0.116. The van der Waals surface area contributed by atoms with E-state index in [4.69, 9.17) is 4.74 Å². The van der Waals surface area contributed by atoms with Gasteiger partial charge in [-0.25, -0.2) is 4.63 Å². The number of hydrogen-bond donors (Lipinski definition) is 1. The molecule has 1 aliphatic heterocycles. The highest BCUT2D eigenvalue weighted by Gasteiger charge is 2.30. The summed E-state index contributed by atoms with van der Waals surface area (Å²) in [6.45, 7) is 3.67. The quantitative estimate of drug-likeness (QED) is 0.862. The molecule has 0 bridgehead atoms. The number of carbonyl (C=O) groups excluding carboxylic acids is 1. The normalized spacial score (nSPS) is 21.2. The van der Waals surface area contributed by atoms with E-state index in [0.717, 1.165) is 25.9 Å². The molecule has 25 heavy (non-hydrogen) atoms. The van der Waals surface area contributed by atoms with Crippen molar-refractivity contribution in [2.75, 3.05) is 32.1 Å². The summed E-state index contributed by atoms with van der Waals surface area (Å²) >= 11 is 0. The highest BCUT2D eigenvalue weighted by atomic mass is 16.6. The van der Waals surface area contributed by atoms with Gasteiger partial charge in [0.2, 0.25) is 5.91 Å². The van der Waals surface area contributed by atoms with Gasteiger partial charge in [0.05, 0.1) is 12.6 Å². The molecule has 2 aromatic rings. The minimum Gasteiger partial charge on any atom is -0.380 e. The lowest BCUT2D eigenvalue weighted by molar-refractivity contribution is -0.118. The fraction of sp³-hybridized carbons (Fsp3) is 0.500. The number of methoxy groups -OCH3 is 1. The third kappa shape index (κ3) is 4.64. The van der Waals surface area contributed by atoms with Crippen molar-refractivity contribution in [3.8, 4) is 0 Å². The van der Waals surface area contributed by atoms with E-state index in [-0.39, 0.29) is 12.0 Å². The van der Waals surface area contributed by atoms with E-state index < -0.39 is 0 Å². The van der Waals surface area contributed by atoms with E-state index >= 15 is 0 Å². The number of aryl methyl sites for hydroxylation is 1. The van der Waals surface area contributed by atoms with Gasteiger partial charge in [0.25, 0.3) is 0 Å². The maximum absolute atomic E-state index is 12.2. The second-order valence-corrected chi connectivity index (χ2v) is 6.49. The van der Waals surface area contributed by atoms with Crippen LogP contribution in [-0.2, 0) is 16.0 Å². The van der Waals surface area contributed by atoms with Crippen LogP contribution in [0, 0.1) is 12.8 Å². The first-order valence-corrected chi connectivity index (χ1v) is 8.53. The molecule has 1 fully saturated rings. The molecule has 1 aromatic heterocycles. The SMILES string of the molecule is CO[C@@H]1CN(CC(=O)Nc2nonc2C)CC[C@@H]1Cc1ccccc1. The molecule has 1 aliphatic rings. The van der Waals surface area contributed by atoms with Crippen LogP contribution >= 0.6 is 0 Å². The molecule has 0 saturated carbocycles. The first-order chi connectivity index (χ1) is 12.2. The molecule has 134 valence electrons. The average molecular weight is 344 g/mol. The summed E-state index contributed by atoms with van der Waals surface area (Å²) in [5.74, 6) is 0.733. The molecule has 0 spiro atoms. The lowest BCUT2D eigenvalue weighted by Gasteiger charge is -2.37. The van der Waals surface area contributed by atoms with Gasteiger partial charge in [0.15, 0.2) is 5.82 Å². The average Bonchev–Trinajstić information content (AvgIpc) is 3.02. The Morgan fingerprint density at radius 2 is 2.16 bits per heavy atom. The highest BCUT2D eigenvalue weighted by molar-refractivity contribution is 5.91. The molecule has 0 radical (unpaired) electrons. The summed E-state index contributed by atoms with van der Waals surface area (Å²) in [5, 5.41) is 10.1. The summed E-state index contributed by atoms with van der Waals surface area (Å²) in [5.41, 5.74) is 1.90. The van der Waals surface area contributed by atoms with Crippen LogP contribution in [0.5, 0.6) is 0 Å². The summed E-state index contributed by atoms with van der Waals surface area (Å²) in [7, 11) is 1.75. The van der Waals surface area contributed by atoms with Crippen LogP contribution in [0.25, 0.3) is 0 Å². The van der Waals surface area contributed by atoms with Gasteiger partial charge in [0, 0.05) is 13.7 Å². The topological polar surface area (TPSA) is 80.5 Å². The second-order valence-electron chi connectivity index (χ2n) is 6.49. The summed E-state index contributed by atoms with van der Waals surface area (Å²) < 4.78 is 10.3. The second kappa shape index (κ2) is 8.22. The van der Waals surface area contributed by atoms with Gasteiger partial charge in [-0.15, -0.1) is 0 Å². The van der Waals surface area contributed by atoms with Gasteiger partial charge in [-0.05, 0) is 42.9 Å². The lowest BCUT2D eigenvalue weighted by atomic mass is 9.87. The van der Waals surface area contributed by atoms with Crippen molar-refractivity contribution in [2.45, 2.75) is 25.9 Å². The molecule has 2 atom stereocenters. The van der Waals surface area contributed by atoms with Crippen molar-refractivity contribution in [2.24, 2.45) is 5.92 Å². The van der Waals surface area contributed by atoms with Crippen LogP contribution < -0.4 is 5.32 Å². The van der Waals surface area contributed by atoms with Gasteiger partial charge in [-0.1, -0.05) is 35.5 Å². The summed E-state index contributed by atoms with van der Waals surface area (Å²) in [6, 6.07) is 10.5. The van der Waals surface area contributed by atoms with Crippen LogP contribution in [0.4, 0.5) is 5.82 Å². The smallest absolute Gasteiger partial charge is 0.239 e. The fourth-order valence-electron chi connectivity index (χ4n) is 3.31. The Kier molecular flexibility index (Phi) is 5.78. The maximum Gasteiger partial charge on any atom is 0.239 e. The number of aromatic nitrogens is 2. The lowest BCUT2D eigenvalue weighted by Crippen LogP contribution is -2.47. The molecule has 7 nitrogen and oxygen atoms in total. The molecule has 1 aromatic carbocycles. The molecular formula is C18H24N4O3. The number of ether oxygens (including phenoxy) is 1. The van der Waals surface area contributed by atoms with Crippen LogP contribution in [0.2, 0.25) is 0 Å². The van der Waals surface area contributed by atoms with E-state index in [1.54, 1.807) is 14.0 Å². The number of benzene rings is 1. The van der Waals surface area contributed by atoms with Gasteiger partial charge >= 0.3 is 0 Å². The van der Waals surface area contributed by atoms with Crippen LogP contribution in [0.1, 0.15) is 17.7 Å². The zero-order chi connectivity index (χ0) is 17.6.